The Hall–Kier alpha value is -1.33. The number of amidine groups is 1. The lowest BCUT2D eigenvalue weighted by Gasteiger charge is -2.28. The van der Waals surface area contributed by atoms with Crippen LogP contribution < -0.4 is 10.6 Å². The largest absolute Gasteiger partial charge is 0.396 e. The number of aliphatic hydroxyl groups is 1. The zero-order valence-electron chi connectivity index (χ0n) is 10.7. The van der Waals surface area contributed by atoms with Crippen molar-refractivity contribution < 1.29 is 5.11 Å². The summed E-state index contributed by atoms with van der Waals surface area (Å²) < 4.78 is 0. The summed E-state index contributed by atoms with van der Waals surface area (Å²) in [5, 5.41) is 16.8. The number of nitrogen functional groups attached to an aromatic ring is 1. The van der Waals surface area contributed by atoms with Gasteiger partial charge in [-0.15, -0.1) is 0 Å². The maximum atomic E-state index is 8.92. The minimum Gasteiger partial charge on any atom is -0.396 e. The van der Waals surface area contributed by atoms with E-state index >= 15 is 0 Å². The molecular weight excluding hydrogens is 252 g/mol. The zero-order valence-corrected chi connectivity index (χ0v) is 11.4. The van der Waals surface area contributed by atoms with E-state index in [2.05, 4.69) is 4.98 Å². The van der Waals surface area contributed by atoms with E-state index in [-0.39, 0.29) is 18.5 Å². The van der Waals surface area contributed by atoms with Crippen molar-refractivity contribution >= 4 is 23.3 Å². The number of pyridine rings is 1. The fraction of sp³-hybridized carbons (Fsp3) is 0.500. The first-order valence-electron chi connectivity index (χ1n) is 5.85. The van der Waals surface area contributed by atoms with Crippen molar-refractivity contribution in [1.29, 1.82) is 5.41 Å². The lowest BCUT2D eigenvalue weighted by molar-refractivity contribution is 0.288. The average molecular weight is 271 g/mol. The summed E-state index contributed by atoms with van der Waals surface area (Å²) in [4.78, 5) is 6.25. The van der Waals surface area contributed by atoms with Crippen LogP contribution in [0.4, 0.5) is 5.82 Å². The summed E-state index contributed by atoms with van der Waals surface area (Å²) >= 11 is 6.23. The Kier molecular flexibility index (Phi) is 5.37. The van der Waals surface area contributed by atoms with Crippen LogP contribution in [0.5, 0.6) is 0 Å². The van der Waals surface area contributed by atoms with Crippen LogP contribution in [-0.4, -0.2) is 35.1 Å². The highest BCUT2D eigenvalue weighted by Crippen LogP contribution is 2.28. The van der Waals surface area contributed by atoms with Crippen LogP contribution in [0.15, 0.2) is 12.3 Å². The first-order chi connectivity index (χ1) is 8.49. The van der Waals surface area contributed by atoms with Gasteiger partial charge < -0.3 is 15.7 Å². The summed E-state index contributed by atoms with van der Waals surface area (Å²) in [6.07, 6.45) is 2.23. The molecule has 0 amide bonds. The molecule has 0 radical (unpaired) electrons. The number of nitrogens with two attached hydrogens (primary N) is 1. The van der Waals surface area contributed by atoms with Gasteiger partial charge in [-0.3, -0.25) is 5.41 Å². The van der Waals surface area contributed by atoms with Crippen LogP contribution in [0.2, 0.25) is 5.02 Å². The summed E-state index contributed by atoms with van der Waals surface area (Å²) in [7, 11) is 0. The molecule has 0 aliphatic rings. The molecule has 0 aliphatic carbocycles. The normalized spacial score (nSPS) is 10.7. The smallest absolute Gasteiger partial charge is 0.148 e. The van der Waals surface area contributed by atoms with E-state index in [1.54, 1.807) is 12.3 Å². The van der Waals surface area contributed by atoms with Crippen molar-refractivity contribution in [3.63, 3.8) is 0 Å². The molecule has 1 aromatic rings. The van der Waals surface area contributed by atoms with Crippen LogP contribution >= 0.6 is 11.6 Å². The van der Waals surface area contributed by atoms with Crippen molar-refractivity contribution in [3.05, 3.63) is 22.8 Å². The van der Waals surface area contributed by atoms with Crippen molar-refractivity contribution in [2.75, 3.05) is 18.1 Å². The number of nitrogens with one attached hydrogen (secondary N) is 1. The number of hydrogen-bond donors (Lipinski definition) is 3. The lowest BCUT2D eigenvalue weighted by atomic mass is 10.2. The molecule has 18 heavy (non-hydrogen) atoms. The predicted molar refractivity (Wildman–Crippen MR) is 74.4 cm³/mol. The van der Waals surface area contributed by atoms with Gasteiger partial charge in [0.2, 0.25) is 0 Å². The Balaban J connectivity index is 3.12. The molecule has 0 saturated carbocycles. The standard InChI is InChI=1S/C12H19ClN4O/c1-8(2)17(6-3-7-18)12-10(13)9(11(14)15)4-5-16-12/h4-5,8,18H,3,6-7H2,1-2H3,(H3,14,15). The zero-order chi connectivity index (χ0) is 13.7. The van der Waals surface area contributed by atoms with E-state index in [0.717, 1.165) is 0 Å². The highest BCUT2D eigenvalue weighted by Gasteiger charge is 2.18. The SMILES string of the molecule is CC(C)N(CCCO)c1nccc(C(=N)N)c1Cl. The molecular formula is C12H19ClN4O. The monoisotopic (exact) mass is 270 g/mol. The summed E-state index contributed by atoms with van der Waals surface area (Å²) in [6.45, 7) is 4.82. The third kappa shape index (κ3) is 3.34. The van der Waals surface area contributed by atoms with Gasteiger partial charge in [-0.2, -0.15) is 0 Å². The maximum Gasteiger partial charge on any atom is 0.148 e. The highest BCUT2D eigenvalue weighted by molar-refractivity contribution is 6.36. The number of nitrogens with zero attached hydrogens (tertiary/aromatic N) is 2. The molecule has 6 heteroatoms. The second kappa shape index (κ2) is 6.56. The van der Waals surface area contributed by atoms with Crippen LogP contribution in [0.1, 0.15) is 25.8 Å². The average Bonchev–Trinajstić information content (AvgIpc) is 2.30. The Labute approximate surface area is 112 Å². The van der Waals surface area contributed by atoms with E-state index in [1.807, 2.05) is 18.7 Å². The summed E-state index contributed by atoms with van der Waals surface area (Å²) in [5.74, 6) is 0.530. The van der Waals surface area contributed by atoms with Crippen molar-refractivity contribution in [1.82, 2.24) is 4.98 Å². The van der Waals surface area contributed by atoms with Crippen LogP contribution in [-0.2, 0) is 0 Å². The topological polar surface area (TPSA) is 86.2 Å². The van der Waals surface area contributed by atoms with Gasteiger partial charge in [0.05, 0.1) is 5.02 Å². The molecule has 1 rings (SSSR count). The van der Waals surface area contributed by atoms with Crippen molar-refractivity contribution in [2.24, 2.45) is 5.73 Å². The number of anilines is 1. The molecule has 1 heterocycles. The Morgan fingerprint density at radius 1 is 1.61 bits per heavy atom. The number of aromatic nitrogens is 1. The first-order valence-corrected chi connectivity index (χ1v) is 6.23. The van der Waals surface area contributed by atoms with Crippen LogP contribution in [0, 0.1) is 5.41 Å². The molecule has 5 nitrogen and oxygen atoms in total. The molecule has 0 atom stereocenters. The summed E-state index contributed by atoms with van der Waals surface area (Å²) in [5.41, 5.74) is 5.96. The van der Waals surface area contributed by atoms with E-state index in [1.165, 1.54) is 0 Å². The molecule has 0 fully saturated rings. The first kappa shape index (κ1) is 14.7. The van der Waals surface area contributed by atoms with Gasteiger partial charge in [0, 0.05) is 31.0 Å². The van der Waals surface area contributed by atoms with E-state index in [4.69, 9.17) is 27.9 Å². The van der Waals surface area contributed by atoms with Gasteiger partial charge >= 0.3 is 0 Å². The quantitative estimate of drug-likeness (QED) is 0.542. The van der Waals surface area contributed by atoms with Gasteiger partial charge in [0.1, 0.15) is 11.7 Å². The van der Waals surface area contributed by atoms with Gasteiger partial charge in [-0.25, -0.2) is 4.98 Å². The lowest BCUT2D eigenvalue weighted by Crippen LogP contribution is -2.33. The van der Waals surface area contributed by atoms with Gasteiger partial charge in [0.25, 0.3) is 0 Å². The number of hydrogen-bond acceptors (Lipinski definition) is 4. The second-order valence-corrected chi connectivity index (χ2v) is 4.65. The van der Waals surface area contributed by atoms with Crippen molar-refractivity contribution in [3.8, 4) is 0 Å². The van der Waals surface area contributed by atoms with Gasteiger partial charge in [-0.1, -0.05) is 11.6 Å². The predicted octanol–water partition coefficient (Wildman–Crippen LogP) is 1.62. The van der Waals surface area contributed by atoms with Crippen LogP contribution in [0.25, 0.3) is 0 Å². The molecule has 4 N–H and O–H groups in total. The summed E-state index contributed by atoms with van der Waals surface area (Å²) in [6, 6.07) is 1.82. The maximum absolute atomic E-state index is 8.92. The molecule has 0 aromatic carbocycles. The minimum absolute atomic E-state index is 0.0745. The van der Waals surface area contributed by atoms with E-state index < -0.39 is 0 Å². The van der Waals surface area contributed by atoms with Gasteiger partial charge in [-0.05, 0) is 26.3 Å². The third-order valence-electron chi connectivity index (χ3n) is 2.61. The molecule has 100 valence electrons. The fourth-order valence-electron chi connectivity index (χ4n) is 1.69. The second-order valence-electron chi connectivity index (χ2n) is 4.27. The Morgan fingerprint density at radius 3 is 2.78 bits per heavy atom. The fourth-order valence-corrected chi connectivity index (χ4v) is 2.01. The number of aliphatic hydroxyl groups excluding tert-OH is 1. The molecule has 0 aliphatic heterocycles. The number of rotatable bonds is 6. The van der Waals surface area contributed by atoms with Gasteiger partial charge in [0.15, 0.2) is 0 Å². The molecule has 1 aromatic heterocycles. The molecule has 0 unspecified atom stereocenters. The van der Waals surface area contributed by atoms with E-state index in [9.17, 15) is 0 Å². The van der Waals surface area contributed by atoms with Crippen molar-refractivity contribution in [2.45, 2.75) is 26.3 Å². The number of halogens is 1. The van der Waals surface area contributed by atoms with Crippen LogP contribution in [0.3, 0.4) is 0 Å². The van der Waals surface area contributed by atoms with E-state index in [0.29, 0.717) is 29.4 Å². The third-order valence-corrected chi connectivity index (χ3v) is 2.99. The molecule has 0 bridgehead atoms. The minimum atomic E-state index is -0.0745. The highest BCUT2D eigenvalue weighted by atomic mass is 35.5. The Morgan fingerprint density at radius 2 is 2.28 bits per heavy atom. The Bertz CT molecular complexity index is 423. The molecule has 0 saturated heterocycles. The molecule has 0 spiro atoms.